The van der Waals surface area contributed by atoms with E-state index >= 15 is 0 Å². The fourth-order valence-electron chi connectivity index (χ4n) is 6.24. The molecule has 0 radical (unpaired) electrons. The molecular formula is C43H82NO10P. The van der Waals surface area contributed by atoms with Crippen LogP contribution in [0.5, 0.6) is 0 Å². The SMILES string of the molecule is CCCCCCCC/C=C/CCCCCCCCCC(=O)OC[C@H](COP(=O)(O)OC[C@H](N)C(=O)O)OC(=O)CCCCCCCCCCCCCCCC. The van der Waals surface area contributed by atoms with E-state index in [0.29, 0.717) is 12.8 Å². The van der Waals surface area contributed by atoms with Crippen LogP contribution in [0.25, 0.3) is 0 Å². The van der Waals surface area contributed by atoms with Crippen molar-refractivity contribution in [2.45, 2.75) is 225 Å². The normalized spacial score (nSPS) is 13.8. The van der Waals surface area contributed by atoms with Gasteiger partial charge in [-0.05, 0) is 38.5 Å². The maximum Gasteiger partial charge on any atom is 0.472 e. The number of aliphatic carboxylic acids is 1. The summed E-state index contributed by atoms with van der Waals surface area (Å²) in [6.45, 7) is 2.81. The quantitative estimate of drug-likeness (QED) is 0.0232. The molecule has 0 aromatic rings. The Balaban J connectivity index is 4.32. The molecule has 0 amide bonds. The number of carbonyl (C=O) groups is 3. The van der Waals surface area contributed by atoms with E-state index in [9.17, 15) is 23.8 Å². The molecule has 0 saturated heterocycles. The molecular weight excluding hydrogens is 721 g/mol. The first kappa shape index (κ1) is 53.2. The number of hydrogen-bond acceptors (Lipinski definition) is 9. The van der Waals surface area contributed by atoms with Crippen molar-refractivity contribution in [3.8, 4) is 0 Å². The van der Waals surface area contributed by atoms with Crippen molar-refractivity contribution in [1.29, 1.82) is 0 Å². The van der Waals surface area contributed by atoms with Crippen LogP contribution in [0.3, 0.4) is 0 Å². The first-order valence-electron chi connectivity index (χ1n) is 22.2. The average Bonchev–Trinajstić information content (AvgIpc) is 3.16. The molecule has 0 spiro atoms. The van der Waals surface area contributed by atoms with E-state index in [4.69, 9.17) is 24.8 Å². The number of esters is 2. The van der Waals surface area contributed by atoms with Crippen LogP contribution >= 0.6 is 7.82 Å². The fourth-order valence-corrected chi connectivity index (χ4v) is 7.02. The van der Waals surface area contributed by atoms with E-state index in [1.54, 1.807) is 0 Å². The number of hydrogen-bond donors (Lipinski definition) is 3. The number of carbonyl (C=O) groups excluding carboxylic acids is 2. The molecule has 55 heavy (non-hydrogen) atoms. The van der Waals surface area contributed by atoms with E-state index in [1.165, 1.54) is 128 Å². The smallest absolute Gasteiger partial charge is 0.472 e. The van der Waals surface area contributed by atoms with Crippen molar-refractivity contribution in [3.63, 3.8) is 0 Å². The van der Waals surface area contributed by atoms with Gasteiger partial charge in [-0.25, -0.2) is 4.57 Å². The number of rotatable bonds is 42. The molecule has 0 rings (SSSR count). The Kier molecular flexibility index (Phi) is 37.8. The molecule has 324 valence electrons. The van der Waals surface area contributed by atoms with Crippen molar-refractivity contribution in [2.24, 2.45) is 5.73 Å². The summed E-state index contributed by atoms with van der Waals surface area (Å²) >= 11 is 0. The van der Waals surface area contributed by atoms with Crippen molar-refractivity contribution in [1.82, 2.24) is 0 Å². The van der Waals surface area contributed by atoms with Gasteiger partial charge in [0.1, 0.15) is 12.6 Å². The zero-order chi connectivity index (χ0) is 40.7. The van der Waals surface area contributed by atoms with E-state index in [1.807, 2.05) is 0 Å². The number of phosphoric ester groups is 1. The Labute approximate surface area is 335 Å². The van der Waals surface area contributed by atoms with Gasteiger partial charge in [0.05, 0.1) is 13.2 Å². The third-order valence-corrected chi connectivity index (χ3v) is 10.7. The Hall–Kier alpha value is -1.78. The van der Waals surface area contributed by atoms with Gasteiger partial charge in [-0.15, -0.1) is 0 Å². The molecule has 3 atom stereocenters. The molecule has 11 nitrogen and oxygen atoms in total. The molecule has 0 aliphatic rings. The highest BCUT2D eigenvalue weighted by atomic mass is 31.2. The van der Waals surface area contributed by atoms with Crippen molar-refractivity contribution < 1.29 is 47.5 Å². The van der Waals surface area contributed by atoms with Gasteiger partial charge in [-0.2, -0.15) is 0 Å². The van der Waals surface area contributed by atoms with Gasteiger partial charge in [0.25, 0.3) is 0 Å². The third-order valence-electron chi connectivity index (χ3n) is 9.76. The van der Waals surface area contributed by atoms with Gasteiger partial charge in [0.2, 0.25) is 0 Å². The highest BCUT2D eigenvalue weighted by Crippen LogP contribution is 2.43. The summed E-state index contributed by atoms with van der Waals surface area (Å²) in [5, 5.41) is 8.88. The van der Waals surface area contributed by atoms with E-state index in [2.05, 4.69) is 30.5 Å². The van der Waals surface area contributed by atoms with Crippen molar-refractivity contribution >= 4 is 25.7 Å². The largest absolute Gasteiger partial charge is 0.480 e. The number of unbranched alkanes of at least 4 members (excludes halogenated alkanes) is 26. The molecule has 0 heterocycles. The minimum atomic E-state index is -4.71. The van der Waals surface area contributed by atoms with Gasteiger partial charge in [-0.1, -0.05) is 174 Å². The maximum absolute atomic E-state index is 12.6. The average molecular weight is 804 g/mol. The Bertz CT molecular complexity index is 995. The second-order valence-corrected chi connectivity index (χ2v) is 16.6. The van der Waals surface area contributed by atoms with Gasteiger partial charge in [0, 0.05) is 12.8 Å². The summed E-state index contributed by atoms with van der Waals surface area (Å²) in [7, 11) is -4.71. The summed E-state index contributed by atoms with van der Waals surface area (Å²) in [5.41, 5.74) is 5.33. The summed E-state index contributed by atoms with van der Waals surface area (Å²) in [5.74, 6) is -2.37. The lowest BCUT2D eigenvalue weighted by Crippen LogP contribution is -2.34. The fraction of sp³-hybridized carbons (Fsp3) is 0.884. The highest BCUT2D eigenvalue weighted by molar-refractivity contribution is 7.47. The molecule has 0 aliphatic heterocycles. The molecule has 12 heteroatoms. The maximum atomic E-state index is 12.6. The van der Waals surface area contributed by atoms with E-state index in [-0.39, 0.29) is 19.4 Å². The lowest BCUT2D eigenvalue weighted by Gasteiger charge is -2.20. The van der Waals surface area contributed by atoms with Crippen LogP contribution in [0.4, 0.5) is 0 Å². The first-order valence-corrected chi connectivity index (χ1v) is 23.7. The summed E-state index contributed by atoms with van der Waals surface area (Å²) in [6, 6.07) is -1.52. The van der Waals surface area contributed by atoms with Crippen LogP contribution in [0.2, 0.25) is 0 Å². The summed E-state index contributed by atoms with van der Waals surface area (Å²) in [6.07, 6.45) is 38.4. The molecule has 0 bridgehead atoms. The monoisotopic (exact) mass is 804 g/mol. The Morgan fingerprint density at radius 1 is 0.545 bits per heavy atom. The molecule has 0 fully saturated rings. The lowest BCUT2D eigenvalue weighted by atomic mass is 10.0. The predicted molar refractivity (Wildman–Crippen MR) is 222 cm³/mol. The Morgan fingerprint density at radius 3 is 1.33 bits per heavy atom. The van der Waals surface area contributed by atoms with Crippen LogP contribution in [0.1, 0.15) is 213 Å². The third kappa shape index (κ3) is 38.9. The van der Waals surface area contributed by atoms with Gasteiger partial charge < -0.3 is 25.2 Å². The zero-order valence-electron chi connectivity index (χ0n) is 35.0. The van der Waals surface area contributed by atoms with Crippen LogP contribution < -0.4 is 5.73 Å². The van der Waals surface area contributed by atoms with Crippen molar-refractivity contribution in [3.05, 3.63) is 12.2 Å². The number of carboxylic acid groups (broad SMARTS) is 1. The Morgan fingerprint density at radius 2 is 0.909 bits per heavy atom. The van der Waals surface area contributed by atoms with Crippen LogP contribution in [-0.4, -0.2) is 59.9 Å². The van der Waals surface area contributed by atoms with E-state index < -0.39 is 51.1 Å². The highest BCUT2D eigenvalue weighted by Gasteiger charge is 2.28. The molecule has 1 unspecified atom stereocenters. The first-order chi connectivity index (χ1) is 26.6. The summed E-state index contributed by atoms with van der Waals surface area (Å²) in [4.78, 5) is 45.9. The second kappa shape index (κ2) is 39.1. The van der Waals surface area contributed by atoms with Crippen LogP contribution in [0, 0.1) is 0 Å². The predicted octanol–water partition coefficient (Wildman–Crippen LogP) is 11.7. The molecule has 0 aliphatic carbocycles. The van der Waals surface area contributed by atoms with Gasteiger partial charge >= 0.3 is 25.7 Å². The molecule has 4 N–H and O–H groups in total. The number of allylic oxidation sites excluding steroid dienone is 2. The van der Waals surface area contributed by atoms with Crippen LogP contribution in [-0.2, 0) is 37.5 Å². The molecule has 0 aromatic carbocycles. The number of carboxylic acids is 1. The zero-order valence-corrected chi connectivity index (χ0v) is 35.9. The molecule has 0 saturated carbocycles. The number of nitrogens with two attached hydrogens (primary N) is 1. The number of phosphoric acid groups is 1. The minimum Gasteiger partial charge on any atom is -0.480 e. The lowest BCUT2D eigenvalue weighted by molar-refractivity contribution is -0.161. The minimum absolute atomic E-state index is 0.166. The summed E-state index contributed by atoms with van der Waals surface area (Å²) < 4.78 is 32.7. The topological polar surface area (TPSA) is 172 Å². The number of ether oxygens (including phenoxy) is 2. The van der Waals surface area contributed by atoms with Gasteiger partial charge in [-0.3, -0.25) is 23.4 Å². The van der Waals surface area contributed by atoms with Crippen LogP contribution in [0.15, 0.2) is 12.2 Å². The van der Waals surface area contributed by atoms with E-state index in [0.717, 1.165) is 44.9 Å². The molecule has 0 aromatic heterocycles. The second-order valence-electron chi connectivity index (χ2n) is 15.2. The van der Waals surface area contributed by atoms with Gasteiger partial charge in [0.15, 0.2) is 6.10 Å². The standard InChI is InChI=1S/C43H82NO10P/c1-3-5-7-9-11-13-15-17-19-20-21-23-24-26-28-30-32-34-41(45)51-36-39(37-52-55(49,50)53-38-40(44)43(47)48)54-42(46)35-33-31-29-27-25-22-18-16-14-12-10-8-6-4-2/h17,19,39-40H,3-16,18,20-38,44H2,1-2H3,(H,47,48)(H,49,50)/b19-17+/t39-,40+/m1/s1. The van der Waals surface area contributed by atoms with Crippen molar-refractivity contribution in [2.75, 3.05) is 19.8 Å².